The van der Waals surface area contributed by atoms with E-state index in [1.54, 1.807) is 18.2 Å². The van der Waals surface area contributed by atoms with Crippen molar-refractivity contribution in [3.63, 3.8) is 0 Å². The van der Waals surface area contributed by atoms with Gasteiger partial charge in [-0.1, -0.05) is 24.3 Å². The van der Waals surface area contributed by atoms with Crippen molar-refractivity contribution in [3.8, 4) is 0 Å². The van der Waals surface area contributed by atoms with E-state index in [0.29, 0.717) is 29.1 Å². The summed E-state index contributed by atoms with van der Waals surface area (Å²) in [5.74, 6) is -0.454. The number of para-hydroxylation sites is 2. The molecule has 2 N–H and O–H groups in total. The van der Waals surface area contributed by atoms with Crippen LogP contribution in [0.3, 0.4) is 0 Å². The van der Waals surface area contributed by atoms with Crippen LogP contribution in [-0.4, -0.2) is 16.8 Å². The number of hydrogen-bond donors (Lipinski definition) is 2. The van der Waals surface area contributed by atoms with E-state index in [9.17, 15) is 22.8 Å². The second-order valence-corrected chi connectivity index (χ2v) is 7.24. The Bertz CT molecular complexity index is 1280. The second kappa shape index (κ2) is 9.15. The summed E-state index contributed by atoms with van der Waals surface area (Å²) in [6, 6.07) is 17.8. The molecule has 0 spiro atoms. The molecule has 9 heteroatoms. The normalized spacial score (nSPS) is 11.4. The third-order valence-electron chi connectivity index (χ3n) is 4.76. The first-order valence-corrected chi connectivity index (χ1v) is 10.0. The van der Waals surface area contributed by atoms with Gasteiger partial charge < -0.3 is 15.1 Å². The predicted octanol–water partition coefficient (Wildman–Crippen LogP) is 5.67. The van der Waals surface area contributed by atoms with Crippen LogP contribution in [0.1, 0.15) is 28.2 Å². The zero-order chi connectivity index (χ0) is 23.4. The zero-order valence-electron chi connectivity index (χ0n) is 17.1. The number of aromatic nitrogens is 1. The minimum atomic E-state index is -4.51. The summed E-state index contributed by atoms with van der Waals surface area (Å²) in [6.07, 6.45) is -4.09. The molecule has 4 rings (SSSR count). The number of oxazole rings is 1. The van der Waals surface area contributed by atoms with Crippen molar-refractivity contribution < 1.29 is 27.2 Å². The monoisotopic (exact) mass is 453 g/mol. The van der Waals surface area contributed by atoms with Crippen LogP contribution in [0.4, 0.5) is 24.5 Å². The first kappa shape index (κ1) is 22.1. The van der Waals surface area contributed by atoms with Crippen molar-refractivity contribution in [2.24, 2.45) is 0 Å². The van der Waals surface area contributed by atoms with Crippen LogP contribution in [0.2, 0.25) is 0 Å². The van der Waals surface area contributed by atoms with Crippen LogP contribution in [0.15, 0.2) is 77.2 Å². The molecule has 0 aliphatic heterocycles. The molecule has 0 aliphatic carbocycles. The molecule has 0 saturated heterocycles. The fourth-order valence-corrected chi connectivity index (χ4v) is 3.19. The van der Waals surface area contributed by atoms with Crippen molar-refractivity contribution >= 4 is 34.3 Å². The molecule has 3 aromatic carbocycles. The number of carbonyl (C=O) groups excluding carboxylic acids is 2. The highest BCUT2D eigenvalue weighted by atomic mass is 19.4. The predicted molar refractivity (Wildman–Crippen MR) is 117 cm³/mol. The lowest BCUT2D eigenvalue weighted by Crippen LogP contribution is -2.15. The lowest BCUT2D eigenvalue weighted by atomic mass is 10.1. The van der Waals surface area contributed by atoms with E-state index in [1.807, 2.05) is 18.2 Å². The molecule has 6 nitrogen and oxygen atoms in total. The summed E-state index contributed by atoms with van der Waals surface area (Å²) in [7, 11) is 0. The van der Waals surface area contributed by atoms with Crippen molar-refractivity contribution in [1.82, 2.24) is 4.98 Å². The van der Waals surface area contributed by atoms with E-state index in [4.69, 9.17) is 4.42 Å². The van der Waals surface area contributed by atoms with Crippen molar-refractivity contribution in [2.75, 3.05) is 10.6 Å². The minimum Gasteiger partial charge on any atom is -0.441 e. The number of aryl methyl sites for hydroxylation is 1. The second-order valence-electron chi connectivity index (χ2n) is 7.24. The van der Waals surface area contributed by atoms with Crippen molar-refractivity contribution in [2.45, 2.75) is 19.0 Å². The number of nitrogens with one attached hydrogen (secondary N) is 2. The Kier molecular flexibility index (Phi) is 6.12. The molecular weight excluding hydrogens is 435 g/mol. The standard InChI is InChI=1S/C24H18F3N3O3/c25-24(26,27)16-6-4-8-18(14-16)29-23(32)15-5-3-7-17(13-15)28-21(31)11-12-22-30-19-9-1-2-10-20(19)33-22/h1-10,13-14H,11-12H2,(H,28,31)(H,29,32). The van der Waals surface area contributed by atoms with E-state index in [0.717, 1.165) is 12.1 Å². The van der Waals surface area contributed by atoms with Gasteiger partial charge in [0.25, 0.3) is 5.91 Å². The maximum absolute atomic E-state index is 12.9. The van der Waals surface area contributed by atoms with E-state index in [-0.39, 0.29) is 23.6 Å². The largest absolute Gasteiger partial charge is 0.441 e. The smallest absolute Gasteiger partial charge is 0.416 e. The third-order valence-corrected chi connectivity index (χ3v) is 4.76. The average Bonchev–Trinajstić information content (AvgIpc) is 3.21. The molecule has 0 unspecified atom stereocenters. The fraction of sp³-hybridized carbons (Fsp3) is 0.125. The number of carbonyl (C=O) groups is 2. The molecule has 0 saturated carbocycles. The van der Waals surface area contributed by atoms with Crippen LogP contribution in [0, 0.1) is 0 Å². The fourth-order valence-electron chi connectivity index (χ4n) is 3.19. The third kappa shape index (κ3) is 5.57. The van der Waals surface area contributed by atoms with E-state index in [2.05, 4.69) is 15.6 Å². The highest BCUT2D eigenvalue weighted by Crippen LogP contribution is 2.30. The molecule has 0 fully saturated rings. The van der Waals surface area contributed by atoms with Gasteiger partial charge in [-0.2, -0.15) is 13.2 Å². The first-order valence-electron chi connectivity index (χ1n) is 10.0. The summed E-state index contributed by atoms with van der Waals surface area (Å²) < 4.78 is 44.2. The van der Waals surface area contributed by atoms with Crippen LogP contribution in [0.5, 0.6) is 0 Å². The summed E-state index contributed by atoms with van der Waals surface area (Å²) in [5.41, 5.74) is 1.08. The molecular formula is C24H18F3N3O3. The number of halogens is 3. The Morgan fingerprint density at radius 2 is 1.61 bits per heavy atom. The molecule has 2 amide bonds. The number of benzene rings is 3. The number of amides is 2. The highest BCUT2D eigenvalue weighted by Gasteiger charge is 2.30. The average molecular weight is 453 g/mol. The van der Waals surface area contributed by atoms with Crippen LogP contribution < -0.4 is 10.6 Å². The lowest BCUT2D eigenvalue weighted by Gasteiger charge is -2.11. The van der Waals surface area contributed by atoms with Gasteiger partial charge >= 0.3 is 6.18 Å². The van der Waals surface area contributed by atoms with Gasteiger partial charge in [0.2, 0.25) is 5.91 Å². The van der Waals surface area contributed by atoms with E-state index >= 15 is 0 Å². The maximum atomic E-state index is 12.9. The van der Waals surface area contributed by atoms with Gasteiger partial charge in [-0.15, -0.1) is 0 Å². The van der Waals surface area contributed by atoms with Gasteiger partial charge in [-0.3, -0.25) is 9.59 Å². The van der Waals surface area contributed by atoms with Crippen LogP contribution >= 0.6 is 0 Å². The number of anilines is 2. The number of alkyl halides is 3. The SMILES string of the molecule is O=C(CCc1nc2ccccc2o1)Nc1cccc(C(=O)Nc2cccc(C(F)(F)F)c2)c1. The van der Waals surface area contributed by atoms with Gasteiger partial charge in [0.15, 0.2) is 11.5 Å². The molecule has 0 atom stereocenters. The summed E-state index contributed by atoms with van der Waals surface area (Å²) in [4.78, 5) is 29.1. The molecule has 0 aliphatic rings. The molecule has 33 heavy (non-hydrogen) atoms. The Labute approximate surface area is 186 Å². The Morgan fingerprint density at radius 3 is 2.36 bits per heavy atom. The van der Waals surface area contributed by atoms with Gasteiger partial charge in [0, 0.05) is 29.8 Å². The molecule has 1 aromatic heterocycles. The van der Waals surface area contributed by atoms with Crippen LogP contribution in [-0.2, 0) is 17.4 Å². The van der Waals surface area contributed by atoms with Crippen molar-refractivity contribution in [1.29, 1.82) is 0 Å². The molecule has 168 valence electrons. The lowest BCUT2D eigenvalue weighted by molar-refractivity contribution is -0.137. The number of nitrogens with zero attached hydrogens (tertiary/aromatic N) is 1. The van der Waals surface area contributed by atoms with Gasteiger partial charge in [0.1, 0.15) is 5.52 Å². The Morgan fingerprint density at radius 1 is 0.879 bits per heavy atom. The zero-order valence-corrected chi connectivity index (χ0v) is 17.1. The highest BCUT2D eigenvalue weighted by molar-refractivity contribution is 6.05. The summed E-state index contributed by atoms with van der Waals surface area (Å²) >= 11 is 0. The first-order chi connectivity index (χ1) is 15.8. The molecule has 0 radical (unpaired) electrons. The van der Waals surface area contributed by atoms with Gasteiger partial charge in [-0.25, -0.2) is 4.98 Å². The number of fused-ring (bicyclic) bond motifs is 1. The number of rotatable bonds is 6. The number of hydrogen-bond acceptors (Lipinski definition) is 4. The summed E-state index contributed by atoms with van der Waals surface area (Å²) in [5, 5.41) is 5.14. The molecule has 1 heterocycles. The van der Waals surface area contributed by atoms with Gasteiger partial charge in [-0.05, 0) is 48.5 Å². The minimum absolute atomic E-state index is 0.0163. The van der Waals surface area contributed by atoms with Gasteiger partial charge in [0.05, 0.1) is 5.56 Å². The quantitative estimate of drug-likeness (QED) is 0.394. The van der Waals surface area contributed by atoms with Crippen molar-refractivity contribution in [3.05, 3.63) is 89.8 Å². The molecule has 4 aromatic rings. The summed E-state index contributed by atoms with van der Waals surface area (Å²) in [6.45, 7) is 0. The topological polar surface area (TPSA) is 84.2 Å². The molecule has 0 bridgehead atoms. The van der Waals surface area contributed by atoms with E-state index < -0.39 is 17.6 Å². The van der Waals surface area contributed by atoms with E-state index in [1.165, 1.54) is 24.3 Å². The maximum Gasteiger partial charge on any atom is 0.416 e. The van der Waals surface area contributed by atoms with Crippen LogP contribution in [0.25, 0.3) is 11.1 Å². The Balaban J connectivity index is 1.37. The Hall–Kier alpha value is -4.14.